The average molecular weight is 224 g/mol. The number of aromatic nitrogens is 4. The van der Waals surface area contributed by atoms with Crippen molar-refractivity contribution in [3.05, 3.63) is 35.7 Å². The van der Waals surface area contributed by atoms with Gasteiger partial charge in [0, 0.05) is 18.9 Å². The smallest absolute Gasteiger partial charge is 0.126 e. The van der Waals surface area contributed by atoms with Crippen LogP contribution in [0.4, 0.5) is 5.82 Å². The molecule has 0 saturated carbocycles. The first kappa shape index (κ1) is 9.92. The Hall–Kier alpha value is -1.62. The Morgan fingerprint density at radius 3 is 3.00 bits per heavy atom. The zero-order valence-corrected chi connectivity index (χ0v) is 8.72. The predicted molar refractivity (Wildman–Crippen MR) is 57.8 cm³/mol. The van der Waals surface area contributed by atoms with Crippen LogP contribution >= 0.6 is 11.6 Å². The molecule has 78 valence electrons. The highest BCUT2D eigenvalue weighted by atomic mass is 35.5. The van der Waals surface area contributed by atoms with Crippen molar-refractivity contribution in [2.75, 3.05) is 11.9 Å². The van der Waals surface area contributed by atoms with Gasteiger partial charge in [-0.15, -0.1) is 5.10 Å². The van der Waals surface area contributed by atoms with Crippen LogP contribution in [0, 0.1) is 0 Å². The molecule has 0 aromatic carbocycles. The van der Waals surface area contributed by atoms with Crippen molar-refractivity contribution in [3.63, 3.8) is 0 Å². The molecule has 0 radical (unpaired) electrons. The molecule has 0 atom stereocenters. The monoisotopic (exact) mass is 223 g/mol. The number of rotatable bonds is 4. The highest BCUT2D eigenvalue weighted by Crippen LogP contribution is 2.08. The fraction of sp³-hybridized carbons (Fsp3) is 0.222. The van der Waals surface area contributed by atoms with E-state index in [4.69, 9.17) is 11.6 Å². The van der Waals surface area contributed by atoms with Crippen LogP contribution in [-0.4, -0.2) is 26.5 Å². The van der Waals surface area contributed by atoms with E-state index in [1.807, 2.05) is 12.3 Å². The summed E-state index contributed by atoms with van der Waals surface area (Å²) in [5.41, 5.74) is 0. The van der Waals surface area contributed by atoms with Crippen LogP contribution in [0.2, 0.25) is 5.02 Å². The van der Waals surface area contributed by atoms with Gasteiger partial charge in [0.05, 0.1) is 17.8 Å². The minimum Gasteiger partial charge on any atom is -0.368 e. The summed E-state index contributed by atoms with van der Waals surface area (Å²) >= 11 is 5.71. The Morgan fingerprint density at radius 2 is 2.33 bits per heavy atom. The number of pyridine rings is 1. The minimum atomic E-state index is 0.636. The maximum atomic E-state index is 5.71. The maximum absolute atomic E-state index is 5.71. The van der Waals surface area contributed by atoms with Crippen LogP contribution in [0.25, 0.3) is 0 Å². The van der Waals surface area contributed by atoms with Crippen molar-refractivity contribution in [1.29, 1.82) is 0 Å². The zero-order valence-electron chi connectivity index (χ0n) is 7.97. The molecule has 0 aliphatic rings. The molecule has 2 heterocycles. The second-order valence-corrected chi connectivity index (χ2v) is 3.39. The van der Waals surface area contributed by atoms with Crippen molar-refractivity contribution < 1.29 is 0 Å². The van der Waals surface area contributed by atoms with Crippen molar-refractivity contribution in [3.8, 4) is 0 Å². The van der Waals surface area contributed by atoms with Gasteiger partial charge in [0.25, 0.3) is 0 Å². The fourth-order valence-corrected chi connectivity index (χ4v) is 1.24. The zero-order chi connectivity index (χ0) is 10.5. The van der Waals surface area contributed by atoms with Crippen molar-refractivity contribution in [2.45, 2.75) is 6.54 Å². The number of hydrogen-bond donors (Lipinski definition) is 1. The van der Waals surface area contributed by atoms with Gasteiger partial charge in [-0.05, 0) is 12.1 Å². The Morgan fingerprint density at radius 1 is 1.40 bits per heavy atom. The van der Waals surface area contributed by atoms with Gasteiger partial charge < -0.3 is 5.32 Å². The van der Waals surface area contributed by atoms with Gasteiger partial charge in [-0.25, -0.2) is 4.98 Å². The molecule has 0 aliphatic carbocycles. The molecule has 0 unspecified atom stereocenters. The van der Waals surface area contributed by atoms with Crippen molar-refractivity contribution >= 4 is 17.4 Å². The van der Waals surface area contributed by atoms with E-state index in [0.717, 1.165) is 18.9 Å². The SMILES string of the molecule is Clc1ccc(NCCn2ccnn2)nc1. The summed E-state index contributed by atoms with van der Waals surface area (Å²) in [6, 6.07) is 3.63. The summed E-state index contributed by atoms with van der Waals surface area (Å²) in [5.74, 6) is 0.805. The molecule has 0 bridgehead atoms. The van der Waals surface area contributed by atoms with Crippen LogP contribution in [0.3, 0.4) is 0 Å². The van der Waals surface area contributed by atoms with Gasteiger partial charge >= 0.3 is 0 Å². The fourth-order valence-electron chi connectivity index (χ4n) is 1.13. The van der Waals surface area contributed by atoms with Crippen LogP contribution in [0.5, 0.6) is 0 Å². The third-order valence-electron chi connectivity index (χ3n) is 1.85. The van der Waals surface area contributed by atoms with E-state index in [9.17, 15) is 0 Å². The lowest BCUT2D eigenvalue weighted by Gasteiger charge is -2.04. The molecule has 2 aromatic rings. The van der Waals surface area contributed by atoms with E-state index >= 15 is 0 Å². The molecule has 0 fully saturated rings. The molecule has 2 rings (SSSR count). The van der Waals surface area contributed by atoms with E-state index in [2.05, 4.69) is 20.6 Å². The van der Waals surface area contributed by atoms with Gasteiger partial charge in [-0.1, -0.05) is 16.8 Å². The van der Waals surface area contributed by atoms with Crippen molar-refractivity contribution in [2.24, 2.45) is 0 Å². The molecule has 5 nitrogen and oxygen atoms in total. The largest absolute Gasteiger partial charge is 0.368 e. The molecule has 15 heavy (non-hydrogen) atoms. The van der Waals surface area contributed by atoms with Gasteiger partial charge in [0.2, 0.25) is 0 Å². The predicted octanol–water partition coefficient (Wildman–Crippen LogP) is 1.44. The summed E-state index contributed by atoms with van der Waals surface area (Å²) in [6.45, 7) is 1.50. The van der Waals surface area contributed by atoms with Gasteiger partial charge in [-0.2, -0.15) is 0 Å². The van der Waals surface area contributed by atoms with E-state index < -0.39 is 0 Å². The first-order chi connectivity index (χ1) is 7.34. The van der Waals surface area contributed by atoms with Crippen LogP contribution < -0.4 is 5.32 Å². The topological polar surface area (TPSA) is 55.6 Å². The molecule has 0 spiro atoms. The van der Waals surface area contributed by atoms with E-state index in [1.165, 1.54) is 0 Å². The average Bonchev–Trinajstić information content (AvgIpc) is 2.74. The Kier molecular flexibility index (Phi) is 3.14. The number of nitrogens with one attached hydrogen (secondary N) is 1. The number of hydrogen-bond acceptors (Lipinski definition) is 4. The molecule has 1 N–H and O–H groups in total. The molecular weight excluding hydrogens is 214 g/mol. The third kappa shape index (κ3) is 2.92. The standard InChI is InChI=1S/C9H10ClN5/c10-8-1-2-9(12-7-8)11-3-5-15-6-4-13-14-15/h1-2,4,6-7H,3,5H2,(H,11,12). The van der Waals surface area contributed by atoms with Gasteiger partial charge in [0.15, 0.2) is 0 Å². The summed E-state index contributed by atoms with van der Waals surface area (Å²) in [6.07, 6.45) is 5.08. The second kappa shape index (κ2) is 4.75. The highest BCUT2D eigenvalue weighted by Gasteiger charge is 1.94. The first-order valence-corrected chi connectivity index (χ1v) is 4.92. The normalized spacial score (nSPS) is 10.2. The van der Waals surface area contributed by atoms with Gasteiger partial charge in [-0.3, -0.25) is 4.68 Å². The number of halogens is 1. The molecular formula is C9H10ClN5. The second-order valence-electron chi connectivity index (χ2n) is 2.95. The van der Waals surface area contributed by atoms with Crippen LogP contribution in [0.1, 0.15) is 0 Å². The Labute approximate surface area is 92.1 Å². The highest BCUT2D eigenvalue weighted by molar-refractivity contribution is 6.30. The first-order valence-electron chi connectivity index (χ1n) is 4.54. The Bertz CT molecular complexity index is 397. The number of anilines is 1. The lowest BCUT2D eigenvalue weighted by atomic mass is 10.4. The van der Waals surface area contributed by atoms with E-state index in [1.54, 1.807) is 23.1 Å². The Balaban J connectivity index is 1.81. The lowest BCUT2D eigenvalue weighted by molar-refractivity contribution is 0.608. The van der Waals surface area contributed by atoms with E-state index in [-0.39, 0.29) is 0 Å². The minimum absolute atomic E-state index is 0.636. The summed E-state index contributed by atoms with van der Waals surface area (Å²) in [5, 5.41) is 11.3. The van der Waals surface area contributed by atoms with Crippen LogP contribution in [-0.2, 0) is 6.54 Å². The summed E-state index contributed by atoms with van der Waals surface area (Å²) < 4.78 is 1.75. The molecule has 6 heteroatoms. The summed E-state index contributed by atoms with van der Waals surface area (Å²) in [4.78, 5) is 4.11. The molecule has 2 aromatic heterocycles. The summed E-state index contributed by atoms with van der Waals surface area (Å²) in [7, 11) is 0. The van der Waals surface area contributed by atoms with E-state index in [0.29, 0.717) is 5.02 Å². The molecule has 0 amide bonds. The van der Waals surface area contributed by atoms with Crippen molar-refractivity contribution in [1.82, 2.24) is 20.0 Å². The molecule has 0 aliphatic heterocycles. The quantitative estimate of drug-likeness (QED) is 0.852. The molecule has 0 saturated heterocycles. The van der Waals surface area contributed by atoms with Crippen LogP contribution in [0.15, 0.2) is 30.7 Å². The lowest BCUT2D eigenvalue weighted by Crippen LogP contribution is -2.11. The maximum Gasteiger partial charge on any atom is 0.126 e. The third-order valence-corrected chi connectivity index (χ3v) is 2.07. The number of nitrogens with zero attached hydrogens (tertiary/aromatic N) is 4. The van der Waals surface area contributed by atoms with Gasteiger partial charge in [0.1, 0.15) is 5.82 Å².